The number of carbonyl (C=O) groups excluding carboxylic acids is 1. The Labute approximate surface area is 171 Å². The Bertz CT molecular complexity index is 1010. The molecule has 2 N–H and O–H groups in total. The van der Waals surface area contributed by atoms with Crippen LogP contribution in [0.2, 0.25) is 25.7 Å². The van der Waals surface area contributed by atoms with E-state index in [2.05, 4.69) is 29.6 Å². The van der Waals surface area contributed by atoms with Crippen molar-refractivity contribution < 1.29 is 14.3 Å². The summed E-state index contributed by atoms with van der Waals surface area (Å²) in [5.74, 6) is -0.404. The quantitative estimate of drug-likeness (QED) is 0.258. The molecular formula is C21H28N4O3Si. The number of carbonyl (C=O) groups is 1. The molecule has 0 saturated carbocycles. The third-order valence-corrected chi connectivity index (χ3v) is 6.24. The Morgan fingerprint density at radius 2 is 2.03 bits per heavy atom. The molecule has 0 atom stereocenters. The van der Waals surface area contributed by atoms with Gasteiger partial charge in [0.2, 0.25) is 0 Å². The number of hydrogen-bond donors (Lipinski definition) is 1. The zero-order chi connectivity index (χ0) is 21.0. The van der Waals surface area contributed by atoms with Crippen molar-refractivity contribution in [3.63, 3.8) is 0 Å². The molecule has 0 amide bonds. The number of fused-ring (bicyclic) bond motifs is 1. The van der Waals surface area contributed by atoms with Crippen LogP contribution < -0.4 is 5.73 Å². The molecule has 0 fully saturated rings. The van der Waals surface area contributed by atoms with Gasteiger partial charge in [-0.2, -0.15) is 0 Å². The first kappa shape index (κ1) is 21.0. The normalized spacial score (nSPS) is 11.7. The standard InChI is InChI=1S/C21H28N4O3Si/c1-5-28-21(26)17-12-25(14-27-9-10-29(2,3)4)20-18(17)19(23-13-24-20)15-7-6-8-16(22)11-15/h6-8,11-13H,5,9-10,14,22H2,1-4H3. The maximum absolute atomic E-state index is 12.6. The molecule has 0 aliphatic carbocycles. The number of rotatable bonds is 8. The second-order valence-electron chi connectivity index (χ2n) is 8.13. The molecule has 8 heteroatoms. The molecule has 29 heavy (non-hydrogen) atoms. The number of benzene rings is 1. The van der Waals surface area contributed by atoms with Crippen LogP contribution >= 0.6 is 0 Å². The fraction of sp³-hybridized carbons (Fsp3) is 0.381. The maximum atomic E-state index is 12.6. The highest BCUT2D eigenvalue weighted by Gasteiger charge is 2.22. The van der Waals surface area contributed by atoms with Gasteiger partial charge < -0.3 is 19.8 Å². The van der Waals surface area contributed by atoms with E-state index in [1.165, 1.54) is 6.33 Å². The van der Waals surface area contributed by atoms with E-state index in [-0.39, 0.29) is 0 Å². The number of aromatic nitrogens is 3. The van der Waals surface area contributed by atoms with Crippen LogP contribution in [-0.2, 0) is 16.2 Å². The third kappa shape index (κ3) is 5.02. The van der Waals surface area contributed by atoms with E-state index < -0.39 is 14.0 Å². The zero-order valence-corrected chi connectivity index (χ0v) is 18.4. The molecule has 2 aromatic heterocycles. The highest BCUT2D eigenvalue weighted by molar-refractivity contribution is 6.76. The number of nitrogens with two attached hydrogens (primary N) is 1. The first-order chi connectivity index (χ1) is 13.8. The van der Waals surface area contributed by atoms with Crippen LogP contribution in [-0.4, -0.2) is 41.8 Å². The highest BCUT2D eigenvalue weighted by atomic mass is 28.3. The van der Waals surface area contributed by atoms with Crippen LogP contribution in [0.15, 0.2) is 36.8 Å². The molecule has 3 rings (SSSR count). The van der Waals surface area contributed by atoms with Gasteiger partial charge in [-0.3, -0.25) is 0 Å². The lowest BCUT2D eigenvalue weighted by atomic mass is 10.1. The SMILES string of the molecule is CCOC(=O)c1cn(COCC[Si](C)(C)C)c2ncnc(-c3cccc(N)c3)c12. The number of anilines is 1. The van der Waals surface area contributed by atoms with Crippen molar-refractivity contribution in [1.82, 2.24) is 14.5 Å². The van der Waals surface area contributed by atoms with Crippen molar-refractivity contribution in [3.8, 4) is 11.3 Å². The summed E-state index contributed by atoms with van der Waals surface area (Å²) in [6.45, 7) is 10.00. The van der Waals surface area contributed by atoms with E-state index in [4.69, 9.17) is 15.2 Å². The fourth-order valence-electron chi connectivity index (χ4n) is 3.03. The van der Waals surface area contributed by atoms with Crippen LogP contribution in [0.4, 0.5) is 5.69 Å². The van der Waals surface area contributed by atoms with Crippen LogP contribution in [0.1, 0.15) is 17.3 Å². The van der Waals surface area contributed by atoms with Gasteiger partial charge in [0.15, 0.2) is 0 Å². The first-order valence-corrected chi connectivity index (χ1v) is 13.5. The summed E-state index contributed by atoms with van der Waals surface area (Å²) >= 11 is 0. The average Bonchev–Trinajstić information content (AvgIpc) is 3.04. The summed E-state index contributed by atoms with van der Waals surface area (Å²) < 4.78 is 13.0. The minimum absolute atomic E-state index is 0.291. The van der Waals surface area contributed by atoms with Gasteiger partial charge in [0.05, 0.1) is 23.3 Å². The van der Waals surface area contributed by atoms with Gasteiger partial charge in [-0.05, 0) is 25.1 Å². The topological polar surface area (TPSA) is 92.3 Å². The van der Waals surface area contributed by atoms with Gasteiger partial charge in [0.25, 0.3) is 0 Å². The van der Waals surface area contributed by atoms with E-state index in [1.54, 1.807) is 13.1 Å². The van der Waals surface area contributed by atoms with Crippen molar-refractivity contribution in [2.45, 2.75) is 39.3 Å². The van der Waals surface area contributed by atoms with E-state index in [1.807, 2.05) is 28.8 Å². The van der Waals surface area contributed by atoms with Crippen LogP contribution in [0.25, 0.3) is 22.3 Å². The van der Waals surface area contributed by atoms with Gasteiger partial charge in [0, 0.05) is 32.1 Å². The predicted octanol–water partition coefficient (Wildman–Crippen LogP) is 4.17. The average molecular weight is 413 g/mol. The monoisotopic (exact) mass is 412 g/mol. The van der Waals surface area contributed by atoms with Crippen molar-refractivity contribution >= 4 is 30.8 Å². The van der Waals surface area contributed by atoms with E-state index in [0.717, 1.165) is 11.6 Å². The molecule has 7 nitrogen and oxygen atoms in total. The van der Waals surface area contributed by atoms with E-state index in [0.29, 0.717) is 47.9 Å². The summed E-state index contributed by atoms with van der Waals surface area (Å²) in [4.78, 5) is 21.5. The Morgan fingerprint density at radius 3 is 2.72 bits per heavy atom. The third-order valence-electron chi connectivity index (χ3n) is 4.54. The number of nitrogen functional groups attached to an aromatic ring is 1. The van der Waals surface area contributed by atoms with Crippen molar-refractivity contribution in [2.24, 2.45) is 0 Å². The second-order valence-corrected chi connectivity index (χ2v) is 13.7. The van der Waals surface area contributed by atoms with Crippen molar-refractivity contribution in [1.29, 1.82) is 0 Å². The van der Waals surface area contributed by atoms with Gasteiger partial charge in [-0.1, -0.05) is 31.8 Å². The molecule has 154 valence electrons. The summed E-state index contributed by atoms with van der Waals surface area (Å²) in [5, 5.41) is 0.644. The number of esters is 1. The van der Waals surface area contributed by atoms with Gasteiger partial charge in [-0.25, -0.2) is 14.8 Å². The highest BCUT2D eigenvalue weighted by Crippen LogP contribution is 2.31. The van der Waals surface area contributed by atoms with Crippen molar-refractivity contribution in [2.75, 3.05) is 18.9 Å². The van der Waals surface area contributed by atoms with Crippen molar-refractivity contribution in [3.05, 3.63) is 42.4 Å². The van der Waals surface area contributed by atoms with Gasteiger partial charge in [0.1, 0.15) is 18.7 Å². The minimum atomic E-state index is -1.18. The molecule has 0 bridgehead atoms. The molecule has 0 spiro atoms. The molecule has 2 heterocycles. The Morgan fingerprint density at radius 1 is 1.24 bits per heavy atom. The summed E-state index contributed by atoms with van der Waals surface area (Å²) in [5.41, 5.74) is 9.10. The molecule has 0 aliphatic rings. The Balaban J connectivity index is 2.03. The Hall–Kier alpha value is -2.71. The second kappa shape index (κ2) is 8.75. The van der Waals surface area contributed by atoms with E-state index in [9.17, 15) is 4.79 Å². The molecule has 1 aromatic carbocycles. The number of ether oxygens (including phenoxy) is 2. The summed E-state index contributed by atoms with van der Waals surface area (Å²) in [6.07, 6.45) is 3.23. The van der Waals surface area contributed by atoms with Gasteiger partial charge >= 0.3 is 5.97 Å². The molecule has 0 saturated heterocycles. The zero-order valence-electron chi connectivity index (χ0n) is 17.4. The lowest BCUT2D eigenvalue weighted by molar-refractivity contribution is 0.0527. The summed E-state index contributed by atoms with van der Waals surface area (Å²) in [6, 6.07) is 8.48. The molecular weight excluding hydrogens is 384 g/mol. The smallest absolute Gasteiger partial charge is 0.340 e. The lowest BCUT2D eigenvalue weighted by Gasteiger charge is -2.15. The summed E-state index contributed by atoms with van der Waals surface area (Å²) in [7, 11) is -1.18. The molecule has 0 radical (unpaired) electrons. The maximum Gasteiger partial charge on any atom is 0.340 e. The minimum Gasteiger partial charge on any atom is -0.462 e. The van der Waals surface area contributed by atoms with Crippen LogP contribution in [0.5, 0.6) is 0 Å². The molecule has 0 unspecified atom stereocenters. The predicted molar refractivity (Wildman–Crippen MR) is 117 cm³/mol. The van der Waals surface area contributed by atoms with Gasteiger partial charge in [-0.15, -0.1) is 0 Å². The lowest BCUT2D eigenvalue weighted by Crippen LogP contribution is -2.22. The Kier molecular flexibility index (Phi) is 6.34. The molecule has 0 aliphatic heterocycles. The molecule has 3 aromatic rings. The van der Waals surface area contributed by atoms with E-state index >= 15 is 0 Å². The van der Waals surface area contributed by atoms with Crippen LogP contribution in [0.3, 0.4) is 0 Å². The number of nitrogens with zero attached hydrogens (tertiary/aromatic N) is 3. The number of hydrogen-bond acceptors (Lipinski definition) is 6. The largest absolute Gasteiger partial charge is 0.462 e. The van der Waals surface area contributed by atoms with Crippen LogP contribution in [0, 0.1) is 0 Å². The first-order valence-electron chi connectivity index (χ1n) is 9.75. The fourth-order valence-corrected chi connectivity index (χ4v) is 3.79.